The van der Waals surface area contributed by atoms with E-state index in [-0.39, 0.29) is 17.2 Å². The van der Waals surface area contributed by atoms with Gasteiger partial charge < -0.3 is 10.1 Å². The first-order chi connectivity index (χ1) is 12.1. The average molecular weight is 374 g/mol. The highest BCUT2D eigenvalue weighted by Crippen LogP contribution is 2.39. The van der Waals surface area contributed by atoms with E-state index in [2.05, 4.69) is 17.2 Å². The highest BCUT2D eigenvalue weighted by molar-refractivity contribution is 7.99. The number of aryl methyl sites for hydroxylation is 1. The second-order valence-electron chi connectivity index (χ2n) is 6.33. The van der Waals surface area contributed by atoms with Crippen LogP contribution in [0, 0.1) is 5.21 Å². The van der Waals surface area contributed by atoms with E-state index >= 15 is 0 Å². The van der Waals surface area contributed by atoms with E-state index in [0.29, 0.717) is 5.88 Å². The molecule has 2 atom stereocenters. The number of carbonyl (C=O) groups excluding carboxylic acids is 1. The number of thioether (sulfide) groups is 1. The lowest BCUT2D eigenvalue weighted by Crippen LogP contribution is -2.35. The topological polar surface area (TPSA) is 58.7 Å². The van der Waals surface area contributed by atoms with Crippen LogP contribution in [0.15, 0.2) is 40.8 Å². The van der Waals surface area contributed by atoms with Crippen molar-refractivity contribution in [1.29, 1.82) is 0 Å². The summed E-state index contributed by atoms with van der Waals surface area (Å²) in [7, 11) is 0. The van der Waals surface area contributed by atoms with Crippen LogP contribution >= 0.6 is 23.1 Å². The number of benzene rings is 1. The molecular formula is C18H19N3O2S2. The number of hydrogen-bond acceptors (Lipinski definition) is 5. The number of rotatable bonds is 2. The number of azo groups is 1. The summed E-state index contributed by atoms with van der Waals surface area (Å²) in [5.74, 6) is 0.576. The molecule has 1 amide bonds. The fraction of sp³-hybridized carbons (Fsp3) is 0.389. The van der Waals surface area contributed by atoms with E-state index in [0.717, 1.165) is 40.4 Å². The van der Waals surface area contributed by atoms with Crippen LogP contribution in [0.1, 0.15) is 39.4 Å². The van der Waals surface area contributed by atoms with E-state index in [1.165, 1.54) is 16.9 Å². The molecule has 4 rings (SSSR count). The van der Waals surface area contributed by atoms with Crippen molar-refractivity contribution in [3.05, 3.63) is 56.9 Å². The van der Waals surface area contributed by atoms with Gasteiger partial charge in [-0.15, -0.1) is 23.1 Å². The van der Waals surface area contributed by atoms with Gasteiger partial charge in [0.25, 0.3) is 5.91 Å². The van der Waals surface area contributed by atoms with Crippen molar-refractivity contribution in [2.75, 3.05) is 17.3 Å². The molecule has 2 aromatic rings. The molecule has 25 heavy (non-hydrogen) atoms. The summed E-state index contributed by atoms with van der Waals surface area (Å²) in [5, 5.41) is 17.8. The summed E-state index contributed by atoms with van der Waals surface area (Å²) >= 11 is 3.18. The number of carbonyl (C=O) groups is 1. The van der Waals surface area contributed by atoms with E-state index in [1.807, 2.05) is 35.4 Å². The summed E-state index contributed by atoms with van der Waals surface area (Å²) in [6, 6.07) is 9.89. The smallest absolute Gasteiger partial charge is 0.268 e. The second-order valence-corrected chi connectivity index (χ2v) is 8.37. The number of thiophene rings is 1. The van der Waals surface area contributed by atoms with Crippen molar-refractivity contribution in [1.82, 2.24) is 0 Å². The third-order valence-corrected chi connectivity index (χ3v) is 6.91. The van der Waals surface area contributed by atoms with Crippen LogP contribution in [0.25, 0.3) is 0 Å². The quantitative estimate of drug-likeness (QED) is 0.578. The van der Waals surface area contributed by atoms with E-state index in [1.54, 1.807) is 11.8 Å². The molecule has 2 aliphatic rings. The molecule has 1 aromatic heterocycles. The van der Waals surface area contributed by atoms with Crippen molar-refractivity contribution in [3.8, 4) is 0 Å². The molecule has 0 fully saturated rings. The maximum Gasteiger partial charge on any atom is 0.268 e. The van der Waals surface area contributed by atoms with E-state index in [9.17, 15) is 10.0 Å². The van der Waals surface area contributed by atoms with E-state index < -0.39 is 0 Å². The lowest BCUT2D eigenvalue weighted by atomic mass is 9.96. The van der Waals surface area contributed by atoms with Crippen LogP contribution in [-0.2, 0) is 6.42 Å². The van der Waals surface area contributed by atoms with Gasteiger partial charge in [-0.05, 0) is 46.6 Å². The Kier molecular flexibility index (Phi) is 4.52. The Bertz CT molecular complexity index is 820. The van der Waals surface area contributed by atoms with Gasteiger partial charge in [-0.25, -0.2) is 0 Å². The number of amides is 1. The van der Waals surface area contributed by atoms with Gasteiger partial charge in [-0.1, -0.05) is 23.1 Å². The number of nitrogens with zero attached hydrogens (tertiary/aromatic N) is 3. The number of hydrogen-bond donors (Lipinski definition) is 0. The first-order valence-electron chi connectivity index (χ1n) is 8.39. The van der Waals surface area contributed by atoms with Gasteiger partial charge >= 0.3 is 0 Å². The zero-order valence-electron chi connectivity index (χ0n) is 13.9. The standard InChI is InChI=1S/C18H19N3O2S2/c1-12-17(25-11-19-21(12)23)14-6-7-15-13(10-14)4-2-8-20(15)18(22)16-5-3-9-24-16/h3,5-7,9-10,12,17H,2,4,8,11H2,1H3. The largest absolute Gasteiger partial charge is 0.600 e. The molecule has 0 bridgehead atoms. The number of anilines is 1. The third-order valence-electron chi connectivity index (χ3n) is 4.77. The van der Waals surface area contributed by atoms with Gasteiger partial charge in [0.05, 0.1) is 10.1 Å². The molecule has 130 valence electrons. The van der Waals surface area contributed by atoms with Crippen LogP contribution in [0.2, 0.25) is 0 Å². The van der Waals surface area contributed by atoms with Crippen molar-refractivity contribution < 1.29 is 9.66 Å². The molecule has 7 heteroatoms. The molecule has 0 spiro atoms. The molecule has 0 saturated heterocycles. The fourth-order valence-corrected chi connectivity index (χ4v) is 5.20. The SMILES string of the molecule is CC1C(c2ccc3c(c2)CCCN3C(=O)c2cccs2)SCN=[N+]1[O-]. The molecule has 1 aromatic carbocycles. The molecular weight excluding hydrogens is 354 g/mol. The minimum Gasteiger partial charge on any atom is -0.600 e. The van der Waals surface area contributed by atoms with Crippen molar-refractivity contribution in [2.24, 2.45) is 5.11 Å². The molecule has 0 aliphatic carbocycles. The van der Waals surface area contributed by atoms with Crippen LogP contribution in [0.4, 0.5) is 5.69 Å². The summed E-state index contributed by atoms with van der Waals surface area (Å²) in [6.07, 6.45) is 1.93. The van der Waals surface area contributed by atoms with Crippen molar-refractivity contribution in [3.63, 3.8) is 0 Å². The molecule has 0 N–H and O–H groups in total. The molecule has 0 saturated carbocycles. The number of hydroxylamine groups is 1. The first kappa shape index (κ1) is 16.6. The van der Waals surface area contributed by atoms with Crippen molar-refractivity contribution >= 4 is 34.7 Å². The lowest BCUT2D eigenvalue weighted by Gasteiger charge is -2.31. The molecule has 2 aliphatic heterocycles. The van der Waals surface area contributed by atoms with Crippen LogP contribution < -0.4 is 4.90 Å². The van der Waals surface area contributed by atoms with E-state index in [4.69, 9.17) is 0 Å². The Balaban J connectivity index is 1.64. The van der Waals surface area contributed by atoms with Gasteiger partial charge in [0, 0.05) is 19.2 Å². The lowest BCUT2D eigenvalue weighted by molar-refractivity contribution is -0.566. The zero-order chi connectivity index (χ0) is 17.4. The van der Waals surface area contributed by atoms with Gasteiger partial charge in [0.2, 0.25) is 6.04 Å². The van der Waals surface area contributed by atoms with Crippen LogP contribution in [-0.4, -0.2) is 29.2 Å². The van der Waals surface area contributed by atoms with Crippen molar-refractivity contribution in [2.45, 2.75) is 31.1 Å². The third kappa shape index (κ3) is 3.06. The normalized spacial score (nSPS) is 23.1. The fourth-order valence-electron chi connectivity index (χ4n) is 3.47. The molecule has 2 unspecified atom stereocenters. The maximum atomic E-state index is 12.8. The second kappa shape index (κ2) is 6.80. The Labute approximate surface area is 154 Å². The van der Waals surface area contributed by atoms with Gasteiger partial charge in [-0.3, -0.25) is 4.79 Å². The highest BCUT2D eigenvalue weighted by atomic mass is 32.2. The van der Waals surface area contributed by atoms with Gasteiger partial charge in [-0.2, -0.15) is 0 Å². The van der Waals surface area contributed by atoms with Crippen LogP contribution in [0.3, 0.4) is 0 Å². The summed E-state index contributed by atoms with van der Waals surface area (Å²) in [5.41, 5.74) is 3.35. The monoisotopic (exact) mass is 373 g/mol. The Morgan fingerprint density at radius 1 is 1.40 bits per heavy atom. The Morgan fingerprint density at radius 2 is 2.28 bits per heavy atom. The summed E-state index contributed by atoms with van der Waals surface area (Å²) < 4.78 is 0. The minimum atomic E-state index is -0.177. The van der Waals surface area contributed by atoms with Gasteiger partial charge in [0.15, 0.2) is 0 Å². The molecule has 5 nitrogen and oxygen atoms in total. The zero-order valence-corrected chi connectivity index (χ0v) is 15.6. The maximum absolute atomic E-state index is 12.8. The predicted octanol–water partition coefficient (Wildman–Crippen LogP) is 4.44. The Morgan fingerprint density at radius 3 is 3.08 bits per heavy atom. The molecule has 0 radical (unpaired) electrons. The summed E-state index contributed by atoms with van der Waals surface area (Å²) in [6.45, 7) is 2.67. The summed E-state index contributed by atoms with van der Waals surface area (Å²) in [4.78, 5) is 16.3. The predicted molar refractivity (Wildman–Crippen MR) is 101 cm³/mol. The first-order valence-corrected chi connectivity index (χ1v) is 10.3. The van der Waals surface area contributed by atoms with Crippen LogP contribution in [0.5, 0.6) is 0 Å². The Hall–Kier alpha value is -1.86. The number of fused-ring (bicyclic) bond motifs is 1. The average Bonchev–Trinajstić information content (AvgIpc) is 3.17. The highest BCUT2D eigenvalue weighted by Gasteiger charge is 2.32. The van der Waals surface area contributed by atoms with Gasteiger partial charge in [0.1, 0.15) is 5.88 Å². The molecule has 3 heterocycles. The minimum absolute atomic E-state index is 0.0774.